The Labute approximate surface area is 213 Å². The van der Waals surface area contributed by atoms with Gasteiger partial charge in [-0.05, 0) is 56.0 Å². The highest BCUT2D eigenvalue weighted by Gasteiger charge is 2.33. The molecule has 1 aromatic heterocycles. The number of methoxy groups -OCH3 is 1. The summed E-state index contributed by atoms with van der Waals surface area (Å²) in [5.74, 6) is 0.0707. The molecule has 3 rings (SSSR count). The first-order chi connectivity index (χ1) is 17.1. The highest BCUT2D eigenvalue weighted by molar-refractivity contribution is 7.89. The van der Waals surface area contributed by atoms with Crippen molar-refractivity contribution < 1.29 is 27.1 Å². The Kier molecular flexibility index (Phi) is 9.53. The Hall–Kier alpha value is -2.88. The summed E-state index contributed by atoms with van der Waals surface area (Å²) < 4.78 is 45.4. The molecule has 1 amide bonds. The van der Waals surface area contributed by atoms with Crippen LogP contribution in [-0.4, -0.2) is 57.3 Å². The van der Waals surface area contributed by atoms with Gasteiger partial charge in [0, 0.05) is 25.6 Å². The van der Waals surface area contributed by atoms with Gasteiger partial charge in [-0.3, -0.25) is 0 Å². The van der Waals surface area contributed by atoms with E-state index in [1.54, 1.807) is 38.1 Å². The maximum absolute atomic E-state index is 13.8. The number of furan rings is 1. The first-order valence-electron chi connectivity index (χ1n) is 12.1. The molecule has 196 valence electrons. The molecule has 0 bridgehead atoms. The zero-order valence-electron chi connectivity index (χ0n) is 21.5. The number of benzene rings is 2. The Balaban J connectivity index is 1.91. The molecule has 9 heteroatoms. The van der Waals surface area contributed by atoms with E-state index < -0.39 is 28.3 Å². The van der Waals surface area contributed by atoms with Crippen molar-refractivity contribution in [2.45, 2.75) is 57.3 Å². The highest BCUT2D eigenvalue weighted by atomic mass is 32.2. The van der Waals surface area contributed by atoms with Gasteiger partial charge in [-0.15, -0.1) is 0 Å². The quantitative estimate of drug-likeness (QED) is 0.370. The van der Waals surface area contributed by atoms with Gasteiger partial charge >= 0.3 is 6.09 Å². The predicted molar refractivity (Wildman–Crippen MR) is 139 cm³/mol. The lowest BCUT2D eigenvalue weighted by Gasteiger charge is -2.32. The van der Waals surface area contributed by atoms with Crippen molar-refractivity contribution in [3.63, 3.8) is 0 Å². The third kappa shape index (κ3) is 7.32. The molecular weight excluding hydrogens is 480 g/mol. The maximum atomic E-state index is 13.8. The summed E-state index contributed by atoms with van der Waals surface area (Å²) >= 11 is 0. The standard InChI is InChI=1S/C27H36N2O6S/c1-19(2)17-29(36(31,32)23-11-12-25-22(16-23)13-14-34-25)18-26(33-5)24(28-27(30)35-20(3)4)15-21-9-7-6-8-10-21/h6-14,16,19-20,24,26H,15,17-18H2,1-5H3,(H,28,30)/t24-,26+/m0/s1. The van der Waals surface area contributed by atoms with Gasteiger partial charge in [0.15, 0.2) is 0 Å². The highest BCUT2D eigenvalue weighted by Crippen LogP contribution is 2.24. The molecule has 1 heterocycles. The van der Waals surface area contributed by atoms with E-state index >= 15 is 0 Å². The van der Waals surface area contributed by atoms with Gasteiger partial charge in [-0.2, -0.15) is 4.31 Å². The number of alkyl carbamates (subject to hydrolysis) is 1. The number of hydrogen-bond donors (Lipinski definition) is 1. The van der Waals surface area contributed by atoms with Gasteiger partial charge in [0.1, 0.15) is 5.58 Å². The minimum atomic E-state index is -3.86. The van der Waals surface area contributed by atoms with Crippen LogP contribution in [0.15, 0.2) is 70.2 Å². The number of rotatable bonds is 12. The van der Waals surface area contributed by atoms with Crippen molar-refractivity contribution in [3.8, 4) is 0 Å². The molecule has 0 radical (unpaired) electrons. The van der Waals surface area contributed by atoms with E-state index in [4.69, 9.17) is 13.9 Å². The number of hydrogen-bond acceptors (Lipinski definition) is 6. The lowest BCUT2D eigenvalue weighted by Crippen LogP contribution is -2.52. The third-order valence-electron chi connectivity index (χ3n) is 5.71. The van der Waals surface area contributed by atoms with Crippen LogP contribution in [-0.2, 0) is 25.9 Å². The summed E-state index contributed by atoms with van der Waals surface area (Å²) in [4.78, 5) is 12.7. The van der Waals surface area contributed by atoms with Gasteiger partial charge < -0.3 is 19.2 Å². The van der Waals surface area contributed by atoms with Crippen LogP contribution in [0.2, 0.25) is 0 Å². The number of nitrogens with zero attached hydrogens (tertiary/aromatic N) is 1. The van der Waals surface area contributed by atoms with Crippen LogP contribution in [0.25, 0.3) is 11.0 Å². The Morgan fingerprint density at radius 2 is 1.75 bits per heavy atom. The average Bonchev–Trinajstić information content (AvgIpc) is 3.29. The molecule has 0 spiro atoms. The molecule has 1 N–H and O–H groups in total. The van der Waals surface area contributed by atoms with Crippen LogP contribution in [0.1, 0.15) is 33.3 Å². The maximum Gasteiger partial charge on any atom is 0.407 e. The minimum absolute atomic E-state index is 0.0555. The van der Waals surface area contributed by atoms with E-state index in [9.17, 15) is 13.2 Å². The number of nitrogens with one attached hydrogen (secondary N) is 1. The fourth-order valence-corrected chi connectivity index (χ4v) is 5.69. The third-order valence-corrected chi connectivity index (χ3v) is 7.54. The molecule has 0 saturated heterocycles. The molecule has 0 fully saturated rings. The van der Waals surface area contributed by atoms with E-state index in [1.165, 1.54) is 17.7 Å². The van der Waals surface area contributed by atoms with Crippen molar-refractivity contribution in [3.05, 3.63) is 66.4 Å². The van der Waals surface area contributed by atoms with Gasteiger partial charge in [0.05, 0.1) is 29.4 Å². The Morgan fingerprint density at radius 1 is 1.03 bits per heavy atom. The SMILES string of the molecule is CO[C@H](CN(CC(C)C)S(=O)(=O)c1ccc2occc2c1)[C@H](Cc1ccccc1)NC(=O)OC(C)C. The number of carbonyl (C=O) groups is 1. The number of fused-ring (bicyclic) bond motifs is 1. The van der Waals surface area contributed by atoms with Crippen LogP contribution < -0.4 is 5.32 Å². The first-order valence-corrected chi connectivity index (χ1v) is 13.6. The molecule has 36 heavy (non-hydrogen) atoms. The molecule has 2 aromatic carbocycles. The van der Waals surface area contributed by atoms with Crippen molar-refractivity contribution >= 4 is 27.1 Å². The lowest BCUT2D eigenvalue weighted by atomic mass is 10.0. The van der Waals surface area contributed by atoms with Crippen LogP contribution in [0.5, 0.6) is 0 Å². The minimum Gasteiger partial charge on any atom is -0.464 e. The summed E-state index contributed by atoms with van der Waals surface area (Å²) in [5.41, 5.74) is 1.60. The predicted octanol–water partition coefficient (Wildman–Crippen LogP) is 4.84. The van der Waals surface area contributed by atoms with Gasteiger partial charge in [-0.1, -0.05) is 44.2 Å². The molecule has 0 saturated carbocycles. The molecule has 0 aliphatic carbocycles. The van der Waals surface area contributed by atoms with Crippen LogP contribution in [0.4, 0.5) is 4.79 Å². The second kappa shape index (κ2) is 12.4. The number of ether oxygens (including phenoxy) is 2. The fourth-order valence-electron chi connectivity index (χ4n) is 4.04. The fraction of sp³-hybridized carbons (Fsp3) is 0.444. The molecule has 0 unspecified atom stereocenters. The number of amides is 1. The summed E-state index contributed by atoms with van der Waals surface area (Å²) in [7, 11) is -2.33. The molecule has 0 aliphatic rings. The summed E-state index contributed by atoms with van der Waals surface area (Å²) in [6.07, 6.45) is 0.486. The van der Waals surface area contributed by atoms with Gasteiger partial charge in [0.2, 0.25) is 10.0 Å². The molecular formula is C27H36N2O6S. The van der Waals surface area contributed by atoms with Gasteiger partial charge in [0.25, 0.3) is 0 Å². The molecule has 3 aromatic rings. The monoisotopic (exact) mass is 516 g/mol. The normalized spacial score (nSPS) is 13.9. The molecule has 2 atom stereocenters. The van der Waals surface area contributed by atoms with Crippen LogP contribution >= 0.6 is 0 Å². The smallest absolute Gasteiger partial charge is 0.407 e. The summed E-state index contributed by atoms with van der Waals surface area (Å²) in [5, 5.41) is 3.61. The average molecular weight is 517 g/mol. The summed E-state index contributed by atoms with van der Waals surface area (Å²) in [6, 6.07) is 15.7. The van der Waals surface area contributed by atoms with Crippen molar-refractivity contribution in [2.75, 3.05) is 20.2 Å². The van der Waals surface area contributed by atoms with Crippen molar-refractivity contribution in [2.24, 2.45) is 5.92 Å². The van der Waals surface area contributed by atoms with E-state index in [0.717, 1.165) is 5.56 Å². The topological polar surface area (TPSA) is 98.1 Å². The first kappa shape index (κ1) is 27.7. The van der Waals surface area contributed by atoms with E-state index in [1.807, 2.05) is 44.2 Å². The zero-order chi connectivity index (χ0) is 26.3. The van der Waals surface area contributed by atoms with Crippen molar-refractivity contribution in [1.82, 2.24) is 9.62 Å². The van der Waals surface area contributed by atoms with E-state index in [-0.39, 0.29) is 23.5 Å². The number of sulfonamides is 1. The number of carbonyl (C=O) groups excluding carboxylic acids is 1. The van der Waals surface area contributed by atoms with E-state index in [0.29, 0.717) is 23.9 Å². The largest absolute Gasteiger partial charge is 0.464 e. The van der Waals surface area contributed by atoms with Crippen LogP contribution in [0, 0.1) is 5.92 Å². The zero-order valence-corrected chi connectivity index (χ0v) is 22.3. The Bertz CT molecular complexity index is 1220. The molecule has 0 aliphatic heterocycles. The summed E-state index contributed by atoms with van der Waals surface area (Å²) in [6.45, 7) is 7.81. The van der Waals surface area contributed by atoms with Crippen molar-refractivity contribution in [1.29, 1.82) is 0 Å². The Morgan fingerprint density at radius 3 is 2.39 bits per heavy atom. The van der Waals surface area contributed by atoms with Gasteiger partial charge in [-0.25, -0.2) is 13.2 Å². The van der Waals surface area contributed by atoms with Crippen LogP contribution in [0.3, 0.4) is 0 Å². The van der Waals surface area contributed by atoms with E-state index in [2.05, 4.69) is 5.32 Å². The second-order valence-electron chi connectivity index (χ2n) is 9.50. The lowest BCUT2D eigenvalue weighted by molar-refractivity contribution is 0.0450. The second-order valence-corrected chi connectivity index (χ2v) is 11.4. The molecule has 8 nitrogen and oxygen atoms in total.